The Morgan fingerprint density at radius 1 is 1.12 bits per heavy atom. The molecule has 138 valence electrons. The van der Waals surface area contributed by atoms with E-state index in [1.165, 1.54) is 0 Å². The summed E-state index contributed by atoms with van der Waals surface area (Å²) >= 11 is 0. The van der Waals surface area contributed by atoms with E-state index in [2.05, 4.69) is 20.7 Å². The van der Waals surface area contributed by atoms with Crippen molar-refractivity contribution in [3.05, 3.63) is 47.9 Å². The molecule has 0 radical (unpaired) electrons. The van der Waals surface area contributed by atoms with Gasteiger partial charge in [-0.2, -0.15) is 0 Å². The van der Waals surface area contributed by atoms with E-state index in [4.69, 9.17) is 4.52 Å². The molecule has 1 aromatic heterocycles. The fourth-order valence-electron chi connectivity index (χ4n) is 2.88. The first-order valence-electron chi connectivity index (χ1n) is 8.61. The number of aryl methyl sites for hydroxylation is 1. The molecule has 0 aliphatic carbocycles. The fraction of sp³-hybridized carbons (Fsp3) is 0.389. The predicted octanol–water partition coefficient (Wildman–Crippen LogP) is 1.45. The van der Waals surface area contributed by atoms with Crippen LogP contribution >= 0.6 is 0 Å². The summed E-state index contributed by atoms with van der Waals surface area (Å²) in [4.78, 5) is 28.2. The largest absolute Gasteiger partial charge is 0.361 e. The van der Waals surface area contributed by atoms with Crippen LogP contribution in [0.15, 0.2) is 40.9 Å². The molecule has 2 N–H and O–H groups in total. The van der Waals surface area contributed by atoms with Gasteiger partial charge in [0.2, 0.25) is 5.91 Å². The Labute approximate surface area is 152 Å². The van der Waals surface area contributed by atoms with E-state index in [-0.39, 0.29) is 12.5 Å². The van der Waals surface area contributed by atoms with Gasteiger partial charge in [0, 0.05) is 44.5 Å². The van der Waals surface area contributed by atoms with Crippen LogP contribution < -0.4 is 10.6 Å². The molecule has 1 saturated heterocycles. The maximum atomic E-state index is 12.0. The number of hydrogen-bond donors (Lipinski definition) is 2. The summed E-state index contributed by atoms with van der Waals surface area (Å²) in [7, 11) is 0. The third-order valence-corrected chi connectivity index (χ3v) is 4.18. The highest BCUT2D eigenvalue weighted by Gasteiger charge is 2.20. The smallest absolute Gasteiger partial charge is 0.325 e. The molecular weight excluding hydrogens is 334 g/mol. The first-order valence-corrected chi connectivity index (χ1v) is 8.61. The van der Waals surface area contributed by atoms with Crippen LogP contribution in [-0.2, 0) is 11.3 Å². The van der Waals surface area contributed by atoms with Crippen molar-refractivity contribution in [3.8, 4) is 0 Å². The van der Waals surface area contributed by atoms with Gasteiger partial charge in [-0.1, -0.05) is 23.4 Å². The zero-order valence-corrected chi connectivity index (χ0v) is 14.8. The van der Waals surface area contributed by atoms with Gasteiger partial charge in [-0.25, -0.2) is 4.79 Å². The predicted molar refractivity (Wildman–Crippen MR) is 96.6 cm³/mol. The molecule has 0 bridgehead atoms. The molecule has 1 aliphatic heterocycles. The topological polar surface area (TPSA) is 90.7 Å². The molecule has 1 aromatic carbocycles. The number of benzene rings is 1. The van der Waals surface area contributed by atoms with E-state index in [1.54, 1.807) is 12.1 Å². The number of rotatable bonds is 5. The highest BCUT2D eigenvalue weighted by molar-refractivity contribution is 6.01. The first kappa shape index (κ1) is 18.1. The lowest BCUT2D eigenvalue weighted by atomic mass is 10.2. The summed E-state index contributed by atoms with van der Waals surface area (Å²) < 4.78 is 5.08. The maximum absolute atomic E-state index is 12.0. The van der Waals surface area contributed by atoms with Crippen LogP contribution in [0.1, 0.15) is 11.5 Å². The molecule has 8 nitrogen and oxygen atoms in total. The minimum atomic E-state index is -0.513. The summed E-state index contributed by atoms with van der Waals surface area (Å²) in [5.74, 6) is 0.503. The number of amides is 3. The summed E-state index contributed by atoms with van der Waals surface area (Å²) in [6, 6.07) is 10.4. The van der Waals surface area contributed by atoms with Crippen molar-refractivity contribution in [2.75, 3.05) is 38.0 Å². The number of hydrogen-bond acceptors (Lipinski definition) is 6. The van der Waals surface area contributed by atoms with Crippen LogP contribution in [0, 0.1) is 6.92 Å². The van der Waals surface area contributed by atoms with Crippen LogP contribution in [0.2, 0.25) is 0 Å². The number of para-hydroxylation sites is 1. The summed E-state index contributed by atoms with van der Waals surface area (Å²) in [6.07, 6.45) is 0. The SMILES string of the molecule is Cc1cc(CN2CCN(CC(=O)NC(=O)Nc3ccccc3)CC2)no1. The Kier molecular flexibility index (Phi) is 5.98. The average Bonchev–Trinajstić information content (AvgIpc) is 3.02. The van der Waals surface area contributed by atoms with E-state index >= 15 is 0 Å². The molecule has 0 spiro atoms. The van der Waals surface area contributed by atoms with Crippen LogP contribution in [0.5, 0.6) is 0 Å². The third kappa shape index (κ3) is 5.40. The number of urea groups is 1. The molecule has 0 saturated carbocycles. The van der Waals surface area contributed by atoms with E-state index in [1.807, 2.05) is 36.1 Å². The van der Waals surface area contributed by atoms with Crippen molar-refractivity contribution in [2.45, 2.75) is 13.5 Å². The van der Waals surface area contributed by atoms with Crippen molar-refractivity contribution in [3.63, 3.8) is 0 Å². The Hall–Kier alpha value is -2.71. The number of carbonyl (C=O) groups excluding carboxylic acids is 2. The molecule has 0 atom stereocenters. The highest BCUT2D eigenvalue weighted by atomic mass is 16.5. The number of imide groups is 1. The van der Waals surface area contributed by atoms with Crippen LogP contribution in [0.4, 0.5) is 10.5 Å². The quantitative estimate of drug-likeness (QED) is 0.842. The monoisotopic (exact) mass is 357 g/mol. The van der Waals surface area contributed by atoms with Crippen LogP contribution in [0.3, 0.4) is 0 Å². The summed E-state index contributed by atoms with van der Waals surface area (Å²) in [5, 5.41) is 9.00. The Bertz CT molecular complexity index is 738. The van der Waals surface area contributed by atoms with E-state index in [0.29, 0.717) is 5.69 Å². The van der Waals surface area contributed by atoms with Gasteiger partial charge in [0.25, 0.3) is 0 Å². The van der Waals surface area contributed by atoms with Gasteiger partial charge in [-0.05, 0) is 19.1 Å². The van der Waals surface area contributed by atoms with Crippen molar-refractivity contribution in [1.29, 1.82) is 0 Å². The van der Waals surface area contributed by atoms with Gasteiger partial charge in [0.05, 0.1) is 12.2 Å². The van der Waals surface area contributed by atoms with Gasteiger partial charge in [-0.3, -0.25) is 19.9 Å². The molecule has 8 heteroatoms. The molecule has 3 amide bonds. The van der Waals surface area contributed by atoms with Gasteiger partial charge in [0.15, 0.2) is 0 Å². The van der Waals surface area contributed by atoms with E-state index in [9.17, 15) is 9.59 Å². The molecule has 0 unspecified atom stereocenters. The molecular formula is C18H23N5O3. The third-order valence-electron chi connectivity index (χ3n) is 4.18. The minimum absolute atomic E-state index is 0.207. The zero-order chi connectivity index (χ0) is 18.4. The Morgan fingerprint density at radius 3 is 2.46 bits per heavy atom. The number of nitrogens with zero attached hydrogens (tertiary/aromatic N) is 3. The van der Waals surface area contributed by atoms with Gasteiger partial charge < -0.3 is 9.84 Å². The van der Waals surface area contributed by atoms with Crippen molar-refractivity contribution in [2.24, 2.45) is 0 Å². The number of carbonyl (C=O) groups is 2. The number of nitrogens with one attached hydrogen (secondary N) is 2. The van der Waals surface area contributed by atoms with Gasteiger partial charge in [-0.15, -0.1) is 0 Å². The zero-order valence-electron chi connectivity index (χ0n) is 14.8. The van der Waals surface area contributed by atoms with Crippen LogP contribution in [0.25, 0.3) is 0 Å². The Morgan fingerprint density at radius 2 is 1.81 bits per heavy atom. The van der Waals surface area contributed by atoms with Crippen LogP contribution in [-0.4, -0.2) is 59.6 Å². The summed E-state index contributed by atoms with van der Waals surface area (Å²) in [5.41, 5.74) is 1.57. The standard InChI is InChI=1S/C18H23N5O3/c1-14-11-16(21-26-14)12-22-7-9-23(10-8-22)13-17(24)20-18(25)19-15-5-3-2-4-6-15/h2-6,11H,7-10,12-13H2,1H3,(H2,19,20,24,25). The molecule has 1 aliphatic rings. The fourth-order valence-corrected chi connectivity index (χ4v) is 2.88. The number of piperazine rings is 1. The van der Waals surface area contributed by atoms with Gasteiger partial charge in [0.1, 0.15) is 5.76 Å². The normalized spacial score (nSPS) is 15.6. The van der Waals surface area contributed by atoms with Gasteiger partial charge >= 0.3 is 6.03 Å². The van der Waals surface area contributed by atoms with Crippen molar-refractivity contribution >= 4 is 17.6 Å². The second-order valence-corrected chi connectivity index (χ2v) is 6.35. The number of anilines is 1. The average molecular weight is 357 g/mol. The molecule has 2 aromatic rings. The number of aromatic nitrogens is 1. The lowest BCUT2D eigenvalue weighted by Crippen LogP contribution is -2.50. The lowest BCUT2D eigenvalue weighted by Gasteiger charge is -2.33. The first-order chi connectivity index (χ1) is 12.6. The molecule has 26 heavy (non-hydrogen) atoms. The van der Waals surface area contributed by atoms with Crippen molar-refractivity contribution in [1.82, 2.24) is 20.3 Å². The maximum Gasteiger partial charge on any atom is 0.325 e. The van der Waals surface area contributed by atoms with Crippen molar-refractivity contribution < 1.29 is 14.1 Å². The minimum Gasteiger partial charge on any atom is -0.361 e. The highest BCUT2D eigenvalue weighted by Crippen LogP contribution is 2.09. The van der Waals surface area contributed by atoms with E-state index in [0.717, 1.165) is 44.2 Å². The summed E-state index contributed by atoms with van der Waals surface area (Å²) in [6.45, 7) is 6.05. The Balaban J connectivity index is 1.37. The van der Waals surface area contributed by atoms with E-state index < -0.39 is 6.03 Å². The second kappa shape index (κ2) is 8.59. The second-order valence-electron chi connectivity index (χ2n) is 6.35. The molecule has 2 heterocycles. The molecule has 1 fully saturated rings. The lowest BCUT2D eigenvalue weighted by molar-refractivity contribution is -0.121. The molecule has 3 rings (SSSR count).